The van der Waals surface area contributed by atoms with E-state index in [9.17, 15) is 0 Å². The minimum atomic E-state index is -2.52. The van der Waals surface area contributed by atoms with Gasteiger partial charge < -0.3 is 18.0 Å². The van der Waals surface area contributed by atoms with Crippen molar-refractivity contribution in [1.82, 2.24) is 0 Å². The van der Waals surface area contributed by atoms with Crippen molar-refractivity contribution in [3.63, 3.8) is 0 Å². The minimum Gasteiger partial charge on any atom is -0.488 e. The van der Waals surface area contributed by atoms with Gasteiger partial charge in [-0.05, 0) is 72.1 Å². The molecule has 0 amide bonds. The second kappa shape index (κ2) is 10.2. The first-order valence-electron chi connectivity index (χ1n) is 9.04. The molecule has 24 heavy (non-hydrogen) atoms. The molecule has 0 aliphatic rings. The number of ether oxygens (including phenoxy) is 1. The van der Waals surface area contributed by atoms with Gasteiger partial charge in [0, 0.05) is 25.9 Å². The Kier molecular flexibility index (Phi) is 8.98. The monoisotopic (exact) mass is 354 g/mol. The van der Waals surface area contributed by atoms with Gasteiger partial charge >= 0.3 is 8.80 Å². The average Bonchev–Trinajstić information content (AvgIpc) is 2.48. The topological polar surface area (TPSA) is 36.9 Å². The van der Waals surface area contributed by atoms with Crippen molar-refractivity contribution in [3.8, 4) is 5.75 Å². The molecule has 0 bridgehead atoms. The lowest BCUT2D eigenvalue weighted by atomic mass is 10.1. The molecular weight excluding hydrogens is 320 g/mol. The van der Waals surface area contributed by atoms with Crippen molar-refractivity contribution in [2.45, 2.75) is 66.0 Å². The number of rotatable bonds is 11. The van der Waals surface area contributed by atoms with E-state index in [1.165, 1.54) is 5.56 Å². The molecule has 0 unspecified atom stereocenters. The number of aryl methyl sites for hydroxylation is 1. The molecule has 0 aliphatic heterocycles. The zero-order valence-electron chi connectivity index (χ0n) is 16.2. The van der Waals surface area contributed by atoms with Crippen LogP contribution in [-0.4, -0.2) is 34.2 Å². The molecular formula is C19H34O4Si. The number of hydrogen-bond donors (Lipinski definition) is 0. The second-order valence-corrected chi connectivity index (χ2v) is 9.43. The van der Waals surface area contributed by atoms with Crippen molar-refractivity contribution in [3.05, 3.63) is 29.8 Å². The summed E-state index contributed by atoms with van der Waals surface area (Å²) in [6.45, 7) is 14.0. The highest BCUT2D eigenvalue weighted by Gasteiger charge is 2.39. The summed E-state index contributed by atoms with van der Waals surface area (Å²) in [6, 6.07) is 9.19. The fraction of sp³-hybridized carbons (Fsp3) is 0.684. The summed E-state index contributed by atoms with van der Waals surface area (Å²) in [5.41, 5.74) is 1.13. The maximum atomic E-state index is 5.90. The molecule has 4 nitrogen and oxygen atoms in total. The van der Waals surface area contributed by atoms with E-state index in [1.54, 1.807) is 0 Å². The lowest BCUT2D eigenvalue weighted by Gasteiger charge is -2.28. The Morgan fingerprint density at radius 3 is 1.75 bits per heavy atom. The molecule has 1 aromatic rings. The van der Waals surface area contributed by atoms with Crippen LogP contribution in [0.5, 0.6) is 5.75 Å². The zero-order valence-corrected chi connectivity index (χ0v) is 17.2. The van der Waals surface area contributed by atoms with Crippen LogP contribution >= 0.6 is 0 Å². The molecule has 0 N–H and O–H groups in total. The first-order valence-corrected chi connectivity index (χ1v) is 11.0. The predicted molar refractivity (Wildman–Crippen MR) is 101 cm³/mol. The molecule has 0 saturated carbocycles. The third-order valence-electron chi connectivity index (χ3n) is 3.39. The van der Waals surface area contributed by atoms with Gasteiger partial charge in [-0.1, -0.05) is 12.1 Å². The lowest BCUT2D eigenvalue weighted by molar-refractivity contribution is 0.0708. The van der Waals surface area contributed by atoms with Gasteiger partial charge in [0.05, 0.1) is 0 Å². The maximum Gasteiger partial charge on any atom is 0.500 e. The van der Waals surface area contributed by atoms with E-state index in [1.807, 2.05) is 32.9 Å². The van der Waals surface area contributed by atoms with E-state index in [-0.39, 0.29) is 5.60 Å². The fourth-order valence-corrected chi connectivity index (χ4v) is 5.20. The molecule has 1 aromatic carbocycles. The SMILES string of the molecule is CCO[Si](CCCc1ccc(OC(C)(C)C)cc1)(OCC)OCC. The summed E-state index contributed by atoms with van der Waals surface area (Å²) in [5, 5.41) is 0. The van der Waals surface area contributed by atoms with Gasteiger partial charge in [0.15, 0.2) is 0 Å². The van der Waals surface area contributed by atoms with Gasteiger partial charge in [0.25, 0.3) is 0 Å². The van der Waals surface area contributed by atoms with E-state index in [0.29, 0.717) is 19.8 Å². The van der Waals surface area contributed by atoms with E-state index in [2.05, 4.69) is 32.9 Å². The second-order valence-electron chi connectivity index (χ2n) is 6.69. The molecule has 138 valence electrons. The average molecular weight is 355 g/mol. The standard InChI is InChI=1S/C19H34O4Si/c1-7-20-24(21-8-2,22-9-3)16-10-11-17-12-14-18(15-13-17)23-19(4,5)6/h12-15H,7-11,16H2,1-6H3. The number of hydrogen-bond acceptors (Lipinski definition) is 4. The van der Waals surface area contributed by atoms with Crippen molar-refractivity contribution in [2.24, 2.45) is 0 Å². The summed E-state index contributed by atoms with van der Waals surface area (Å²) in [7, 11) is -2.52. The van der Waals surface area contributed by atoms with E-state index in [4.69, 9.17) is 18.0 Å². The van der Waals surface area contributed by atoms with Crippen LogP contribution in [0, 0.1) is 0 Å². The Labute approximate surface area is 148 Å². The predicted octanol–water partition coefficient (Wildman–Crippen LogP) is 4.84. The van der Waals surface area contributed by atoms with E-state index in [0.717, 1.165) is 24.6 Å². The van der Waals surface area contributed by atoms with Crippen LogP contribution in [0.15, 0.2) is 24.3 Å². The van der Waals surface area contributed by atoms with Crippen LogP contribution in [0.25, 0.3) is 0 Å². The minimum absolute atomic E-state index is 0.167. The normalized spacial score (nSPS) is 12.4. The van der Waals surface area contributed by atoms with Crippen molar-refractivity contribution in [1.29, 1.82) is 0 Å². The Hall–Kier alpha value is -0.883. The van der Waals surface area contributed by atoms with Gasteiger partial charge in [0.1, 0.15) is 11.4 Å². The largest absolute Gasteiger partial charge is 0.500 e. The molecule has 0 radical (unpaired) electrons. The van der Waals surface area contributed by atoms with Crippen molar-refractivity contribution in [2.75, 3.05) is 19.8 Å². The Balaban J connectivity index is 2.57. The van der Waals surface area contributed by atoms with Crippen LogP contribution in [0.4, 0.5) is 0 Å². The lowest BCUT2D eigenvalue weighted by Crippen LogP contribution is -2.46. The summed E-state index contributed by atoms with van der Waals surface area (Å²) in [5.74, 6) is 0.910. The fourth-order valence-electron chi connectivity index (χ4n) is 2.59. The van der Waals surface area contributed by atoms with Gasteiger partial charge in [-0.25, -0.2) is 0 Å². The van der Waals surface area contributed by atoms with Gasteiger partial charge in [0.2, 0.25) is 0 Å². The van der Waals surface area contributed by atoms with Crippen LogP contribution in [-0.2, 0) is 19.7 Å². The Morgan fingerprint density at radius 1 is 0.833 bits per heavy atom. The van der Waals surface area contributed by atoms with Gasteiger partial charge in [-0.15, -0.1) is 0 Å². The maximum absolute atomic E-state index is 5.90. The summed E-state index contributed by atoms with van der Waals surface area (Å²) in [6.07, 6.45) is 1.98. The smallest absolute Gasteiger partial charge is 0.488 e. The molecule has 0 fully saturated rings. The van der Waals surface area contributed by atoms with Crippen LogP contribution in [0.1, 0.15) is 53.5 Å². The zero-order chi connectivity index (χ0) is 18.1. The van der Waals surface area contributed by atoms with Crippen molar-refractivity contribution >= 4 is 8.80 Å². The van der Waals surface area contributed by atoms with Crippen molar-refractivity contribution < 1.29 is 18.0 Å². The molecule has 0 spiro atoms. The molecule has 0 atom stereocenters. The molecule has 0 aromatic heterocycles. The third kappa shape index (κ3) is 7.79. The molecule has 5 heteroatoms. The highest BCUT2D eigenvalue weighted by Crippen LogP contribution is 2.22. The van der Waals surface area contributed by atoms with E-state index >= 15 is 0 Å². The highest BCUT2D eigenvalue weighted by molar-refractivity contribution is 6.60. The van der Waals surface area contributed by atoms with Crippen LogP contribution in [0.3, 0.4) is 0 Å². The summed E-state index contributed by atoms with van der Waals surface area (Å²) >= 11 is 0. The summed E-state index contributed by atoms with van der Waals surface area (Å²) in [4.78, 5) is 0. The Morgan fingerprint density at radius 2 is 1.33 bits per heavy atom. The molecule has 0 saturated heterocycles. The van der Waals surface area contributed by atoms with Gasteiger partial charge in [-0.2, -0.15) is 0 Å². The van der Waals surface area contributed by atoms with Gasteiger partial charge in [-0.3, -0.25) is 0 Å². The molecule has 0 heterocycles. The molecule has 1 rings (SSSR count). The first kappa shape index (κ1) is 21.2. The third-order valence-corrected chi connectivity index (χ3v) is 6.54. The highest BCUT2D eigenvalue weighted by atomic mass is 28.4. The van der Waals surface area contributed by atoms with Crippen LogP contribution < -0.4 is 4.74 Å². The summed E-state index contributed by atoms with van der Waals surface area (Å²) < 4.78 is 23.5. The first-order chi connectivity index (χ1) is 11.3. The number of benzene rings is 1. The quantitative estimate of drug-likeness (QED) is 0.533. The van der Waals surface area contributed by atoms with E-state index < -0.39 is 8.80 Å². The Bertz CT molecular complexity index is 436. The molecule has 0 aliphatic carbocycles. The van der Waals surface area contributed by atoms with Crippen LogP contribution in [0.2, 0.25) is 6.04 Å².